The maximum atomic E-state index is 11.2. The van der Waals surface area contributed by atoms with Gasteiger partial charge in [-0.2, -0.15) is 5.26 Å². The lowest BCUT2D eigenvalue weighted by atomic mass is 10.2. The van der Waals surface area contributed by atoms with Crippen molar-refractivity contribution >= 4 is 16.8 Å². The van der Waals surface area contributed by atoms with E-state index in [9.17, 15) is 4.79 Å². The molecule has 0 spiro atoms. The summed E-state index contributed by atoms with van der Waals surface area (Å²) in [5.74, 6) is -0.0808. The Kier molecular flexibility index (Phi) is 1.83. The summed E-state index contributed by atoms with van der Waals surface area (Å²) >= 11 is 0. The second-order valence-electron chi connectivity index (χ2n) is 3.06. The van der Waals surface area contributed by atoms with Crippen molar-refractivity contribution in [2.45, 2.75) is 6.92 Å². The van der Waals surface area contributed by atoms with Crippen molar-refractivity contribution in [3.8, 4) is 6.07 Å². The first-order valence-corrected chi connectivity index (χ1v) is 4.25. The van der Waals surface area contributed by atoms with Crippen molar-refractivity contribution in [3.05, 3.63) is 36.0 Å². The first kappa shape index (κ1) is 8.52. The van der Waals surface area contributed by atoms with Gasteiger partial charge in [0.1, 0.15) is 6.07 Å². The van der Waals surface area contributed by atoms with E-state index in [0.29, 0.717) is 5.56 Å². The van der Waals surface area contributed by atoms with Gasteiger partial charge >= 0.3 is 0 Å². The molecule has 3 heteroatoms. The molecule has 0 saturated heterocycles. The number of rotatable bonds is 0. The number of hydrogen-bond acceptors (Lipinski definition) is 2. The first-order valence-electron chi connectivity index (χ1n) is 4.25. The molecule has 0 aliphatic carbocycles. The lowest BCUT2D eigenvalue weighted by molar-refractivity contribution is 0.0941. The maximum Gasteiger partial charge on any atom is 0.227 e. The summed E-state index contributed by atoms with van der Waals surface area (Å²) in [7, 11) is 0. The minimum atomic E-state index is -0.0808. The van der Waals surface area contributed by atoms with E-state index in [1.165, 1.54) is 11.5 Å². The summed E-state index contributed by atoms with van der Waals surface area (Å²) in [4.78, 5) is 11.2. The van der Waals surface area contributed by atoms with Crippen LogP contribution in [-0.2, 0) is 0 Å². The highest BCUT2D eigenvalue weighted by Gasteiger charge is 2.09. The zero-order chi connectivity index (χ0) is 10.1. The molecular formula is C11H8N2O. The van der Waals surface area contributed by atoms with Crippen LogP contribution in [0.25, 0.3) is 10.9 Å². The molecule has 14 heavy (non-hydrogen) atoms. The zero-order valence-corrected chi connectivity index (χ0v) is 7.69. The Morgan fingerprint density at radius 2 is 2.14 bits per heavy atom. The molecule has 0 fully saturated rings. The van der Waals surface area contributed by atoms with Crippen LogP contribution in [0.4, 0.5) is 0 Å². The molecule has 1 aromatic carbocycles. The predicted molar refractivity (Wildman–Crippen MR) is 53.0 cm³/mol. The van der Waals surface area contributed by atoms with E-state index >= 15 is 0 Å². The molecule has 68 valence electrons. The van der Waals surface area contributed by atoms with Gasteiger partial charge in [0.15, 0.2) is 0 Å². The summed E-state index contributed by atoms with van der Waals surface area (Å²) in [6, 6.07) is 9.45. The smallest absolute Gasteiger partial charge is 0.227 e. The molecule has 1 aromatic heterocycles. The van der Waals surface area contributed by atoms with Crippen LogP contribution in [0, 0.1) is 11.3 Å². The average molecular weight is 184 g/mol. The topological polar surface area (TPSA) is 45.8 Å². The van der Waals surface area contributed by atoms with E-state index in [1.54, 1.807) is 6.20 Å². The minimum absolute atomic E-state index is 0.0808. The average Bonchev–Trinajstić information content (AvgIpc) is 2.56. The van der Waals surface area contributed by atoms with E-state index in [-0.39, 0.29) is 5.91 Å². The van der Waals surface area contributed by atoms with Crippen molar-refractivity contribution in [1.82, 2.24) is 4.57 Å². The van der Waals surface area contributed by atoms with E-state index in [1.807, 2.05) is 24.3 Å². The Morgan fingerprint density at radius 3 is 2.79 bits per heavy atom. The third kappa shape index (κ3) is 1.09. The molecule has 0 N–H and O–H groups in total. The number of nitrogens with zero attached hydrogens (tertiary/aromatic N) is 2. The monoisotopic (exact) mass is 184 g/mol. The normalized spacial score (nSPS) is 10.0. The van der Waals surface area contributed by atoms with Crippen LogP contribution in [0.1, 0.15) is 17.3 Å². The number of fused-ring (bicyclic) bond motifs is 1. The van der Waals surface area contributed by atoms with E-state index in [0.717, 1.165) is 10.9 Å². The van der Waals surface area contributed by atoms with Crippen LogP contribution < -0.4 is 0 Å². The van der Waals surface area contributed by atoms with Gasteiger partial charge in [0.2, 0.25) is 5.91 Å². The van der Waals surface area contributed by atoms with E-state index in [2.05, 4.69) is 6.07 Å². The second kappa shape index (κ2) is 3.00. The van der Waals surface area contributed by atoms with Crippen LogP contribution in [0.5, 0.6) is 0 Å². The SMILES string of the molecule is CC(=O)n1cc(C#N)c2ccccc21. The summed E-state index contributed by atoms with van der Waals surface area (Å²) in [6.07, 6.45) is 1.58. The molecule has 0 unspecified atom stereocenters. The fraction of sp³-hybridized carbons (Fsp3) is 0.0909. The molecular weight excluding hydrogens is 176 g/mol. The van der Waals surface area contributed by atoms with Crippen molar-refractivity contribution in [2.24, 2.45) is 0 Å². The van der Waals surface area contributed by atoms with Crippen LogP contribution in [0.15, 0.2) is 30.5 Å². The molecule has 0 aliphatic rings. The lowest BCUT2D eigenvalue weighted by Gasteiger charge is -1.96. The first-order chi connectivity index (χ1) is 6.74. The number of nitriles is 1. The highest BCUT2D eigenvalue weighted by Crippen LogP contribution is 2.20. The van der Waals surface area contributed by atoms with Gasteiger partial charge in [-0.25, -0.2) is 0 Å². The molecule has 1 heterocycles. The van der Waals surface area contributed by atoms with Gasteiger partial charge in [0.25, 0.3) is 0 Å². The highest BCUT2D eigenvalue weighted by atomic mass is 16.1. The molecule has 0 saturated carbocycles. The maximum absolute atomic E-state index is 11.2. The summed E-state index contributed by atoms with van der Waals surface area (Å²) in [5, 5.41) is 9.68. The zero-order valence-electron chi connectivity index (χ0n) is 7.69. The van der Waals surface area contributed by atoms with Crippen LogP contribution >= 0.6 is 0 Å². The van der Waals surface area contributed by atoms with Crippen molar-refractivity contribution in [3.63, 3.8) is 0 Å². The van der Waals surface area contributed by atoms with Gasteiger partial charge in [-0.1, -0.05) is 18.2 Å². The van der Waals surface area contributed by atoms with Gasteiger partial charge in [0, 0.05) is 18.5 Å². The number of carbonyl (C=O) groups is 1. The van der Waals surface area contributed by atoms with E-state index in [4.69, 9.17) is 5.26 Å². The highest BCUT2D eigenvalue weighted by molar-refractivity contribution is 5.94. The number of para-hydroxylation sites is 1. The van der Waals surface area contributed by atoms with Crippen molar-refractivity contribution < 1.29 is 4.79 Å². The van der Waals surface area contributed by atoms with Crippen molar-refractivity contribution in [1.29, 1.82) is 5.26 Å². The van der Waals surface area contributed by atoms with Crippen LogP contribution in [0.3, 0.4) is 0 Å². The number of aromatic nitrogens is 1. The Balaban J connectivity index is 2.88. The van der Waals surface area contributed by atoms with E-state index < -0.39 is 0 Å². The number of benzene rings is 1. The Hall–Kier alpha value is -2.08. The summed E-state index contributed by atoms with van der Waals surface area (Å²) in [6.45, 7) is 1.48. The summed E-state index contributed by atoms with van der Waals surface area (Å²) in [5.41, 5.74) is 1.33. The standard InChI is InChI=1S/C11H8N2O/c1-8(14)13-7-9(6-12)10-4-2-3-5-11(10)13/h2-5,7H,1H3. The quantitative estimate of drug-likeness (QED) is 0.629. The molecule has 2 aromatic rings. The van der Waals surface area contributed by atoms with Gasteiger partial charge in [-0.3, -0.25) is 9.36 Å². The number of hydrogen-bond donors (Lipinski definition) is 0. The van der Waals surface area contributed by atoms with Crippen LogP contribution in [0.2, 0.25) is 0 Å². The third-order valence-electron chi connectivity index (χ3n) is 2.17. The molecule has 3 nitrogen and oxygen atoms in total. The Bertz CT molecular complexity index is 546. The largest absolute Gasteiger partial charge is 0.286 e. The van der Waals surface area contributed by atoms with Gasteiger partial charge in [-0.15, -0.1) is 0 Å². The summed E-state index contributed by atoms with van der Waals surface area (Å²) < 4.78 is 1.49. The Labute approximate surface area is 81.2 Å². The van der Waals surface area contributed by atoms with Gasteiger partial charge in [-0.05, 0) is 6.07 Å². The molecule has 0 radical (unpaired) electrons. The third-order valence-corrected chi connectivity index (χ3v) is 2.17. The molecule has 2 rings (SSSR count). The fourth-order valence-corrected chi connectivity index (χ4v) is 1.53. The fourth-order valence-electron chi connectivity index (χ4n) is 1.53. The van der Waals surface area contributed by atoms with Crippen molar-refractivity contribution in [2.75, 3.05) is 0 Å². The minimum Gasteiger partial charge on any atom is -0.286 e. The molecule has 0 atom stereocenters. The Morgan fingerprint density at radius 1 is 1.43 bits per heavy atom. The van der Waals surface area contributed by atoms with Gasteiger partial charge in [0.05, 0.1) is 11.1 Å². The molecule has 0 aliphatic heterocycles. The lowest BCUT2D eigenvalue weighted by Crippen LogP contribution is -2.02. The van der Waals surface area contributed by atoms with Gasteiger partial charge < -0.3 is 0 Å². The molecule has 0 bridgehead atoms. The second-order valence-corrected chi connectivity index (χ2v) is 3.06. The van der Waals surface area contributed by atoms with Crippen LogP contribution in [-0.4, -0.2) is 10.5 Å². The predicted octanol–water partition coefficient (Wildman–Crippen LogP) is 2.17. The number of carbonyl (C=O) groups excluding carboxylic acids is 1. The molecule has 0 amide bonds.